The molecule has 1 fully saturated rings. The van der Waals surface area contributed by atoms with E-state index in [1.165, 1.54) is 16.7 Å². The average molecular weight is 313 g/mol. The van der Waals surface area contributed by atoms with Crippen LogP contribution in [0.1, 0.15) is 33.1 Å². The molecule has 0 radical (unpaired) electrons. The number of carbonyl (C=O) groups is 3. The van der Waals surface area contributed by atoms with E-state index in [-0.39, 0.29) is 36.1 Å². The van der Waals surface area contributed by atoms with Crippen LogP contribution >= 0.6 is 11.8 Å². The fourth-order valence-corrected chi connectivity index (χ4v) is 3.78. The molecule has 2 unspecified atom stereocenters. The lowest BCUT2D eigenvalue weighted by atomic mass is 9.85. The molecule has 1 saturated heterocycles. The van der Waals surface area contributed by atoms with Crippen molar-refractivity contribution in [2.75, 3.05) is 12.4 Å². The number of amides is 1. The number of esters is 1. The first kappa shape index (κ1) is 15.9. The number of β-lactam (4-membered cyclic amide) rings is 1. The first-order valence-electron chi connectivity index (χ1n) is 7.09. The van der Waals surface area contributed by atoms with Crippen molar-refractivity contribution < 1.29 is 24.2 Å². The van der Waals surface area contributed by atoms with Crippen molar-refractivity contribution in [3.05, 3.63) is 10.6 Å². The monoisotopic (exact) mass is 313 g/mol. The van der Waals surface area contributed by atoms with Crippen molar-refractivity contribution in [1.82, 2.24) is 4.90 Å². The minimum Gasteiger partial charge on any atom is -0.477 e. The molecule has 2 rings (SSSR count). The van der Waals surface area contributed by atoms with Gasteiger partial charge in [0.1, 0.15) is 12.3 Å². The number of hydrogen-bond donors (Lipinski definition) is 1. The van der Waals surface area contributed by atoms with Gasteiger partial charge in [0.15, 0.2) is 0 Å². The number of carbonyl (C=O) groups excluding carboxylic acids is 2. The maximum Gasteiger partial charge on any atom is 0.353 e. The molecule has 2 atom stereocenters. The second-order valence-electron chi connectivity index (χ2n) is 4.99. The summed E-state index contributed by atoms with van der Waals surface area (Å²) in [5.41, 5.74) is 0.113. The van der Waals surface area contributed by atoms with E-state index < -0.39 is 5.97 Å². The molecule has 0 aromatic heterocycles. The molecule has 1 amide bonds. The van der Waals surface area contributed by atoms with E-state index in [9.17, 15) is 19.5 Å². The summed E-state index contributed by atoms with van der Waals surface area (Å²) < 4.78 is 4.97. The summed E-state index contributed by atoms with van der Waals surface area (Å²) in [7, 11) is 0. The predicted octanol–water partition coefficient (Wildman–Crippen LogP) is 1.61. The van der Waals surface area contributed by atoms with Gasteiger partial charge in [-0.2, -0.15) is 0 Å². The third kappa shape index (κ3) is 2.92. The Morgan fingerprint density at radius 1 is 1.43 bits per heavy atom. The number of carboxylic acid groups (broad SMARTS) is 1. The number of thioether (sulfide) groups is 1. The first-order valence-corrected chi connectivity index (χ1v) is 8.07. The zero-order chi connectivity index (χ0) is 15.6. The minimum atomic E-state index is -1.06. The van der Waals surface area contributed by atoms with Crippen LogP contribution in [0.25, 0.3) is 0 Å². The van der Waals surface area contributed by atoms with Crippen LogP contribution in [0.5, 0.6) is 0 Å². The highest BCUT2D eigenvalue weighted by molar-refractivity contribution is 8.03. The molecule has 0 aromatic carbocycles. The zero-order valence-corrected chi connectivity index (χ0v) is 12.9. The molecule has 7 heteroatoms. The van der Waals surface area contributed by atoms with Crippen LogP contribution in [0.2, 0.25) is 0 Å². The van der Waals surface area contributed by atoms with E-state index in [1.54, 1.807) is 6.92 Å². The van der Waals surface area contributed by atoms with Crippen molar-refractivity contribution in [3.8, 4) is 0 Å². The van der Waals surface area contributed by atoms with Crippen LogP contribution in [0.3, 0.4) is 0 Å². The Labute approximate surface area is 127 Å². The van der Waals surface area contributed by atoms with Gasteiger partial charge in [0, 0.05) is 23.5 Å². The number of hydrogen-bond acceptors (Lipinski definition) is 5. The Morgan fingerprint density at radius 2 is 2.14 bits per heavy atom. The molecule has 1 N–H and O–H groups in total. The number of fused-ring (bicyclic) bond motifs is 1. The quantitative estimate of drug-likeness (QED) is 0.437. The maximum absolute atomic E-state index is 11.9. The normalized spacial score (nSPS) is 23.9. The van der Waals surface area contributed by atoms with Gasteiger partial charge in [-0.3, -0.25) is 9.59 Å². The summed E-state index contributed by atoms with van der Waals surface area (Å²) in [5.74, 6) is -0.972. The molecule has 0 spiro atoms. The molecule has 0 aromatic rings. The van der Waals surface area contributed by atoms with Gasteiger partial charge in [-0.25, -0.2) is 4.79 Å². The second-order valence-corrected chi connectivity index (χ2v) is 6.18. The highest BCUT2D eigenvalue weighted by Crippen LogP contribution is 2.46. The maximum atomic E-state index is 11.9. The summed E-state index contributed by atoms with van der Waals surface area (Å²) in [5, 5.41) is 9.31. The van der Waals surface area contributed by atoms with E-state index in [4.69, 9.17) is 4.74 Å². The fraction of sp³-hybridized carbons (Fsp3) is 0.643. The molecule has 21 heavy (non-hydrogen) atoms. The van der Waals surface area contributed by atoms with Crippen LogP contribution in [0, 0.1) is 5.92 Å². The van der Waals surface area contributed by atoms with Crippen LogP contribution in [-0.2, 0) is 19.1 Å². The van der Waals surface area contributed by atoms with Gasteiger partial charge in [0.25, 0.3) is 0 Å². The molecule has 0 bridgehead atoms. The van der Waals surface area contributed by atoms with E-state index >= 15 is 0 Å². The second kappa shape index (κ2) is 6.51. The smallest absolute Gasteiger partial charge is 0.353 e. The van der Waals surface area contributed by atoms with E-state index in [0.29, 0.717) is 23.5 Å². The largest absolute Gasteiger partial charge is 0.477 e. The van der Waals surface area contributed by atoms with Crippen LogP contribution in [-0.4, -0.2) is 46.3 Å². The van der Waals surface area contributed by atoms with Crippen molar-refractivity contribution in [1.29, 1.82) is 0 Å². The number of aliphatic carboxylic acids is 1. The summed E-state index contributed by atoms with van der Waals surface area (Å²) in [4.78, 5) is 36.5. The lowest BCUT2D eigenvalue weighted by Gasteiger charge is -2.42. The molecule has 0 aliphatic carbocycles. The average Bonchev–Trinajstić information content (AvgIpc) is 2.79. The lowest BCUT2D eigenvalue weighted by Crippen LogP contribution is -2.58. The Kier molecular flexibility index (Phi) is 4.92. The Hall–Kier alpha value is -1.50. The van der Waals surface area contributed by atoms with E-state index in [0.717, 1.165) is 6.42 Å². The van der Waals surface area contributed by atoms with Gasteiger partial charge in [0.2, 0.25) is 5.91 Å². The van der Waals surface area contributed by atoms with Crippen LogP contribution < -0.4 is 0 Å². The van der Waals surface area contributed by atoms with Crippen LogP contribution in [0.4, 0.5) is 0 Å². The molecule has 2 aliphatic rings. The minimum absolute atomic E-state index is 0.00529. The molecular formula is C14H19NO5S. The zero-order valence-electron chi connectivity index (χ0n) is 12.1. The summed E-state index contributed by atoms with van der Waals surface area (Å²) >= 11 is 1.36. The van der Waals surface area contributed by atoms with Crippen molar-refractivity contribution in [2.45, 2.75) is 39.2 Å². The lowest BCUT2D eigenvalue weighted by molar-refractivity contribution is -0.155. The van der Waals surface area contributed by atoms with E-state index in [2.05, 4.69) is 0 Å². The van der Waals surface area contributed by atoms with Gasteiger partial charge >= 0.3 is 11.9 Å². The van der Waals surface area contributed by atoms with Gasteiger partial charge in [-0.15, -0.1) is 11.8 Å². The van der Waals surface area contributed by atoms with E-state index in [1.807, 2.05) is 6.92 Å². The van der Waals surface area contributed by atoms with Crippen molar-refractivity contribution >= 4 is 29.6 Å². The number of nitrogens with zero attached hydrogens (tertiary/aromatic N) is 1. The standard InChI is InChI=1S/C14H19NO5S/c1-3-8-9-7-10(21-6-5-20-11(16)4-2)12(14(18)19)15(9)13(8)17/h8-9H,3-7H2,1-2H3,(H,18,19). The van der Waals surface area contributed by atoms with Gasteiger partial charge in [0.05, 0.1) is 12.0 Å². The highest BCUT2D eigenvalue weighted by atomic mass is 32.2. The Balaban J connectivity index is 1.97. The first-order chi connectivity index (χ1) is 10.0. The van der Waals surface area contributed by atoms with Gasteiger partial charge in [-0.1, -0.05) is 13.8 Å². The van der Waals surface area contributed by atoms with Gasteiger partial charge < -0.3 is 14.7 Å². The Morgan fingerprint density at radius 3 is 2.71 bits per heavy atom. The highest BCUT2D eigenvalue weighted by Gasteiger charge is 2.54. The fourth-order valence-electron chi connectivity index (χ4n) is 2.75. The van der Waals surface area contributed by atoms with Crippen molar-refractivity contribution in [3.63, 3.8) is 0 Å². The number of rotatable bonds is 7. The molecule has 2 heterocycles. The predicted molar refractivity (Wildman–Crippen MR) is 77.4 cm³/mol. The molecule has 0 saturated carbocycles. The molecule has 6 nitrogen and oxygen atoms in total. The summed E-state index contributed by atoms with van der Waals surface area (Å²) in [6, 6.07) is -0.00529. The van der Waals surface area contributed by atoms with Gasteiger partial charge in [-0.05, 0) is 6.42 Å². The Bertz CT molecular complexity index is 502. The molecule has 116 valence electrons. The molecule has 2 aliphatic heterocycles. The summed E-state index contributed by atoms with van der Waals surface area (Å²) in [6.45, 7) is 3.91. The topological polar surface area (TPSA) is 83.9 Å². The molecular weight excluding hydrogens is 294 g/mol. The third-order valence-corrected chi connectivity index (χ3v) is 4.88. The number of ether oxygens (including phenoxy) is 1. The van der Waals surface area contributed by atoms with Crippen molar-refractivity contribution in [2.24, 2.45) is 5.92 Å². The SMILES string of the molecule is CCC(=O)OCCSC1=C(C(=O)O)N2C(=O)C(CC)C2C1. The number of carboxylic acids is 1. The third-order valence-electron chi connectivity index (χ3n) is 3.80. The summed E-state index contributed by atoms with van der Waals surface area (Å²) in [6.07, 6.45) is 1.66. The van der Waals surface area contributed by atoms with Crippen LogP contribution in [0.15, 0.2) is 10.6 Å².